The van der Waals surface area contributed by atoms with Crippen molar-refractivity contribution in [2.24, 2.45) is 0 Å². The Hall–Kier alpha value is -2.17. The van der Waals surface area contributed by atoms with Crippen molar-refractivity contribution in [1.82, 2.24) is 15.1 Å². The van der Waals surface area contributed by atoms with E-state index < -0.39 is 0 Å². The van der Waals surface area contributed by atoms with E-state index in [2.05, 4.69) is 10.4 Å². The van der Waals surface area contributed by atoms with Crippen LogP contribution in [0.1, 0.15) is 61.3 Å². The predicted molar refractivity (Wildman–Crippen MR) is 92.0 cm³/mol. The Bertz CT molecular complexity index is 721. The Morgan fingerprint density at radius 2 is 1.96 bits per heavy atom. The zero-order chi connectivity index (χ0) is 17.1. The number of hydrogen-bond donors (Lipinski definition) is 1. The molecule has 1 heterocycles. The molecule has 0 radical (unpaired) electrons. The van der Waals surface area contributed by atoms with E-state index in [-0.39, 0.29) is 17.8 Å². The second kappa shape index (κ2) is 7.16. The van der Waals surface area contributed by atoms with Gasteiger partial charge in [0.25, 0.3) is 5.91 Å². The maximum absolute atomic E-state index is 13.2. The third-order valence-electron chi connectivity index (χ3n) is 4.71. The van der Waals surface area contributed by atoms with Gasteiger partial charge in [-0.3, -0.25) is 4.79 Å². The first kappa shape index (κ1) is 16.7. The minimum absolute atomic E-state index is 0.108. The molecule has 0 saturated carbocycles. The van der Waals surface area contributed by atoms with E-state index in [0.29, 0.717) is 5.69 Å². The van der Waals surface area contributed by atoms with Gasteiger partial charge < -0.3 is 5.32 Å². The van der Waals surface area contributed by atoms with Gasteiger partial charge >= 0.3 is 0 Å². The molecule has 3 rings (SSSR count). The average Bonchev–Trinajstić information content (AvgIpc) is 2.77. The van der Waals surface area contributed by atoms with Crippen molar-refractivity contribution >= 4 is 5.91 Å². The molecule has 1 N–H and O–H groups in total. The largest absolute Gasteiger partial charge is 0.348 e. The lowest BCUT2D eigenvalue weighted by Crippen LogP contribution is -2.32. The van der Waals surface area contributed by atoms with Gasteiger partial charge in [0.15, 0.2) is 5.69 Å². The van der Waals surface area contributed by atoms with Gasteiger partial charge in [-0.1, -0.05) is 13.3 Å². The van der Waals surface area contributed by atoms with E-state index in [1.54, 1.807) is 12.1 Å². The molecule has 1 amide bonds. The number of fused-ring (bicyclic) bond motifs is 1. The molecule has 1 aliphatic rings. The van der Waals surface area contributed by atoms with Gasteiger partial charge in [0.1, 0.15) is 5.82 Å². The quantitative estimate of drug-likeness (QED) is 0.867. The lowest BCUT2D eigenvalue weighted by molar-refractivity contribution is 0.0933. The normalized spacial score (nSPS) is 15.5. The monoisotopic (exact) mass is 329 g/mol. The van der Waals surface area contributed by atoms with Crippen molar-refractivity contribution in [3.05, 3.63) is 47.0 Å². The highest BCUT2D eigenvalue weighted by molar-refractivity contribution is 5.94. The number of carbonyl (C=O) groups excluding carboxylic acids is 1. The molecule has 24 heavy (non-hydrogen) atoms. The van der Waals surface area contributed by atoms with Crippen molar-refractivity contribution < 1.29 is 9.18 Å². The van der Waals surface area contributed by atoms with E-state index in [1.807, 2.05) is 18.5 Å². The first-order chi connectivity index (χ1) is 11.6. The SMILES string of the molecule is CCC(C)NC(=O)c1nn(-c2ccc(F)cc2)c2c1CCCCC2. The van der Waals surface area contributed by atoms with E-state index >= 15 is 0 Å². The highest BCUT2D eigenvalue weighted by Gasteiger charge is 2.25. The molecule has 1 aliphatic carbocycles. The summed E-state index contributed by atoms with van der Waals surface area (Å²) in [6.07, 6.45) is 5.98. The Labute approximate surface area is 142 Å². The summed E-state index contributed by atoms with van der Waals surface area (Å²) in [4.78, 5) is 12.7. The summed E-state index contributed by atoms with van der Waals surface area (Å²) >= 11 is 0. The lowest BCUT2D eigenvalue weighted by Gasteiger charge is -2.10. The number of hydrogen-bond acceptors (Lipinski definition) is 2. The summed E-state index contributed by atoms with van der Waals surface area (Å²) in [6.45, 7) is 4.04. The van der Waals surface area contributed by atoms with E-state index in [1.165, 1.54) is 12.1 Å². The van der Waals surface area contributed by atoms with E-state index in [0.717, 1.165) is 55.5 Å². The second-order valence-electron chi connectivity index (χ2n) is 6.51. The Kier molecular flexibility index (Phi) is 4.97. The third-order valence-corrected chi connectivity index (χ3v) is 4.71. The van der Waals surface area contributed by atoms with Crippen LogP contribution in [0.2, 0.25) is 0 Å². The van der Waals surface area contributed by atoms with Gasteiger partial charge in [-0.2, -0.15) is 5.10 Å². The summed E-state index contributed by atoms with van der Waals surface area (Å²) in [5.41, 5.74) is 3.47. The fraction of sp³-hybridized carbons (Fsp3) is 0.474. The topological polar surface area (TPSA) is 46.9 Å². The molecule has 0 spiro atoms. The van der Waals surface area contributed by atoms with Crippen molar-refractivity contribution in [2.45, 2.75) is 58.4 Å². The third kappa shape index (κ3) is 3.35. The van der Waals surface area contributed by atoms with Crippen molar-refractivity contribution in [1.29, 1.82) is 0 Å². The molecule has 5 heteroatoms. The van der Waals surface area contributed by atoms with Crippen LogP contribution in [0.15, 0.2) is 24.3 Å². The molecule has 0 saturated heterocycles. The van der Waals surface area contributed by atoms with Crippen LogP contribution in [-0.2, 0) is 12.8 Å². The van der Waals surface area contributed by atoms with Crippen LogP contribution in [0.3, 0.4) is 0 Å². The molecule has 128 valence electrons. The van der Waals surface area contributed by atoms with Gasteiger partial charge in [0.2, 0.25) is 0 Å². The van der Waals surface area contributed by atoms with Gasteiger partial charge in [-0.05, 0) is 63.3 Å². The number of amides is 1. The number of halogens is 1. The van der Waals surface area contributed by atoms with Crippen LogP contribution in [0, 0.1) is 5.82 Å². The molecule has 1 aromatic carbocycles. The van der Waals surface area contributed by atoms with Crippen LogP contribution in [0.4, 0.5) is 4.39 Å². The smallest absolute Gasteiger partial charge is 0.272 e. The lowest BCUT2D eigenvalue weighted by atomic mass is 10.1. The van der Waals surface area contributed by atoms with Crippen molar-refractivity contribution in [3.8, 4) is 5.69 Å². The molecule has 0 bridgehead atoms. The Morgan fingerprint density at radius 1 is 1.25 bits per heavy atom. The van der Waals surface area contributed by atoms with E-state index in [9.17, 15) is 9.18 Å². The van der Waals surface area contributed by atoms with Gasteiger partial charge in [-0.25, -0.2) is 9.07 Å². The first-order valence-corrected chi connectivity index (χ1v) is 8.77. The van der Waals surface area contributed by atoms with Gasteiger partial charge in [-0.15, -0.1) is 0 Å². The molecule has 0 fully saturated rings. The van der Waals surface area contributed by atoms with Gasteiger partial charge in [0, 0.05) is 17.3 Å². The van der Waals surface area contributed by atoms with Crippen LogP contribution < -0.4 is 5.32 Å². The first-order valence-electron chi connectivity index (χ1n) is 8.77. The molecular formula is C19H24FN3O. The standard InChI is InChI=1S/C19H24FN3O/c1-3-13(2)21-19(24)18-16-7-5-4-6-8-17(16)23(22-18)15-11-9-14(20)10-12-15/h9-13H,3-8H2,1-2H3,(H,21,24). The molecule has 2 aromatic rings. The zero-order valence-electron chi connectivity index (χ0n) is 14.3. The summed E-state index contributed by atoms with van der Waals surface area (Å²) in [7, 11) is 0. The fourth-order valence-corrected chi connectivity index (χ4v) is 3.15. The summed E-state index contributed by atoms with van der Waals surface area (Å²) in [6, 6.07) is 6.40. The highest BCUT2D eigenvalue weighted by atomic mass is 19.1. The number of nitrogens with zero attached hydrogens (tertiary/aromatic N) is 2. The highest BCUT2D eigenvalue weighted by Crippen LogP contribution is 2.26. The molecule has 1 aromatic heterocycles. The number of carbonyl (C=O) groups is 1. The zero-order valence-corrected chi connectivity index (χ0v) is 14.3. The summed E-state index contributed by atoms with van der Waals surface area (Å²) in [5.74, 6) is -0.380. The maximum Gasteiger partial charge on any atom is 0.272 e. The van der Waals surface area contributed by atoms with Crippen LogP contribution in [-0.4, -0.2) is 21.7 Å². The molecular weight excluding hydrogens is 305 g/mol. The summed E-state index contributed by atoms with van der Waals surface area (Å²) in [5, 5.41) is 7.62. The Morgan fingerprint density at radius 3 is 2.67 bits per heavy atom. The average molecular weight is 329 g/mol. The number of nitrogens with one attached hydrogen (secondary N) is 1. The predicted octanol–water partition coefficient (Wildman–Crippen LogP) is 3.81. The second-order valence-corrected chi connectivity index (χ2v) is 6.51. The van der Waals surface area contributed by atoms with Crippen LogP contribution in [0.5, 0.6) is 0 Å². The molecule has 1 atom stereocenters. The minimum Gasteiger partial charge on any atom is -0.348 e. The number of aromatic nitrogens is 2. The molecule has 4 nitrogen and oxygen atoms in total. The number of benzene rings is 1. The van der Waals surface area contributed by atoms with Crippen molar-refractivity contribution in [2.75, 3.05) is 0 Å². The van der Waals surface area contributed by atoms with Gasteiger partial charge in [0.05, 0.1) is 5.69 Å². The molecule has 0 aliphatic heterocycles. The van der Waals surface area contributed by atoms with Crippen LogP contribution in [0.25, 0.3) is 5.69 Å². The molecule has 1 unspecified atom stereocenters. The van der Waals surface area contributed by atoms with E-state index in [4.69, 9.17) is 0 Å². The fourth-order valence-electron chi connectivity index (χ4n) is 3.15. The number of rotatable bonds is 4. The minimum atomic E-state index is -0.272. The van der Waals surface area contributed by atoms with Crippen LogP contribution >= 0.6 is 0 Å². The maximum atomic E-state index is 13.2. The summed E-state index contributed by atoms with van der Waals surface area (Å²) < 4.78 is 15.1. The van der Waals surface area contributed by atoms with Crippen molar-refractivity contribution in [3.63, 3.8) is 0 Å². The Balaban J connectivity index is 2.03.